The minimum absolute atomic E-state index is 0.327. The zero-order valence-electron chi connectivity index (χ0n) is 45.4. The van der Waals surface area contributed by atoms with Crippen molar-refractivity contribution in [2.45, 2.75) is 248 Å². The fraction of sp³-hybridized carbons (Fsp3) is 0.979. The summed E-state index contributed by atoms with van der Waals surface area (Å²) in [6.45, 7) is -5.27. The maximum Gasteiger partial charge on any atom is 0.303 e. The molecule has 22 N–H and O–H groups in total. The Labute approximate surface area is 482 Å². The highest BCUT2D eigenvalue weighted by atomic mass is 16.8. The first-order valence-corrected chi connectivity index (χ1v) is 27.6. The molecule has 0 unspecified atom stereocenters. The second-order valence-electron chi connectivity index (χ2n) is 21.5. The molecule has 0 radical (unpaired) electrons. The van der Waals surface area contributed by atoms with Crippen LogP contribution in [0, 0.1) is 0 Å². The van der Waals surface area contributed by atoms with Gasteiger partial charge in [-0.1, -0.05) is 19.8 Å². The summed E-state index contributed by atoms with van der Waals surface area (Å²) in [5, 5.41) is 238. The van der Waals surface area contributed by atoms with Crippen LogP contribution in [0.1, 0.15) is 32.6 Å². The monoisotopic (exact) mass is 1250 g/mol. The van der Waals surface area contributed by atoms with E-state index in [1.807, 2.05) is 0 Å². The zero-order chi connectivity index (χ0) is 62.5. The summed E-state index contributed by atoms with van der Waals surface area (Å²) in [7, 11) is 0. The quantitative estimate of drug-likeness (QED) is 0.0854. The topological polar surface area (TPSA) is 591 Å². The van der Waals surface area contributed by atoms with Gasteiger partial charge in [-0.05, 0) is 6.42 Å². The Hall–Kier alpha value is -1.93. The van der Waals surface area contributed by atoms with Crippen molar-refractivity contribution < 1.29 is 183 Å². The van der Waals surface area contributed by atoms with E-state index in [1.54, 1.807) is 0 Å². The highest BCUT2D eigenvalue weighted by Gasteiger charge is 2.59. The SMILES string of the molecule is CCCCCC(=O)O.OC[C@H]1O[C@@H]2O[C@H]3[C@H](O)[C@@H](O)[C@@H](O[C@H]4[C@H](O)[C@@H](O)[C@@H](O[C@H]5[C@H](O)[C@@H](O)[C@@H](O[C@H]6[C@H](O)[C@@H](O)[C@@H](O[C@H]7[C@H](O)[C@@H](O)[C@@H](O[C@H]8[C@H](O)[C@@H](O)[C@@H](O[C@H]1[C@H](O)[C@H]2O)O[C@@H]8CO)O[C@@H]7CO)O[C@@H]6CO)O[C@@H]5CO)O[C@@H]4CO)O[C@@H]3CO. The Balaban J connectivity index is 0.00000120. The van der Waals surface area contributed by atoms with Crippen LogP contribution in [0.2, 0.25) is 0 Å². The molecule has 37 nitrogen and oxygen atoms in total. The number of unbranched alkanes of at least 4 members (excludes halogenated alkanes) is 2. The van der Waals surface area contributed by atoms with E-state index < -0.39 is 267 Å². The average Bonchev–Trinajstić information content (AvgIpc) is 2.27. The molecule has 21 fully saturated rings. The molecule has 0 aromatic carbocycles. The van der Waals surface area contributed by atoms with Crippen molar-refractivity contribution in [3.8, 4) is 0 Å². The van der Waals surface area contributed by atoms with E-state index in [4.69, 9.17) is 71.4 Å². The largest absolute Gasteiger partial charge is 0.481 e. The second kappa shape index (κ2) is 31.4. The van der Waals surface area contributed by atoms with Crippen molar-refractivity contribution in [2.75, 3.05) is 46.2 Å². The third-order valence-electron chi connectivity index (χ3n) is 15.8. The summed E-state index contributed by atoms with van der Waals surface area (Å²) in [5.41, 5.74) is 0. The first-order valence-electron chi connectivity index (χ1n) is 27.6. The molecule has 0 aromatic rings. The lowest BCUT2D eigenvalue weighted by Crippen LogP contribution is -2.68. The van der Waals surface area contributed by atoms with E-state index in [-0.39, 0.29) is 0 Å². The number of carbonyl (C=O) groups is 1. The summed E-state index contributed by atoms with van der Waals surface area (Å²) in [4.78, 5) is 9.87. The number of hydrogen-bond acceptors (Lipinski definition) is 36. The van der Waals surface area contributed by atoms with Crippen LogP contribution in [0.3, 0.4) is 0 Å². The van der Waals surface area contributed by atoms with Crippen LogP contribution < -0.4 is 0 Å². The number of hydrogen-bond donors (Lipinski definition) is 22. The second-order valence-corrected chi connectivity index (χ2v) is 21.5. The predicted octanol–water partition coefficient (Wildman–Crippen LogP) is -13.6. The van der Waals surface area contributed by atoms with Crippen LogP contribution in [0.25, 0.3) is 0 Å². The van der Waals surface area contributed by atoms with E-state index in [1.165, 1.54) is 0 Å². The molecule has 0 aromatic heterocycles. The van der Waals surface area contributed by atoms with Crippen molar-refractivity contribution >= 4 is 5.97 Å². The molecule has 21 aliphatic rings. The van der Waals surface area contributed by atoms with Gasteiger partial charge in [0, 0.05) is 6.42 Å². The van der Waals surface area contributed by atoms with Gasteiger partial charge in [0.25, 0.3) is 0 Å². The van der Waals surface area contributed by atoms with Crippen LogP contribution in [-0.2, 0) is 71.1 Å². The molecular weight excluding hydrogens is 1170 g/mol. The average molecular weight is 1250 g/mol. The van der Waals surface area contributed by atoms with E-state index >= 15 is 0 Å². The summed E-state index contributed by atoms with van der Waals surface area (Å²) < 4.78 is 79.5. The van der Waals surface area contributed by atoms with Crippen LogP contribution in [-0.4, -0.2) is 380 Å². The van der Waals surface area contributed by atoms with Crippen molar-refractivity contribution in [2.24, 2.45) is 0 Å². The Morgan fingerprint density at radius 3 is 0.529 bits per heavy atom. The number of carboxylic acid groups (broad SMARTS) is 1. The molecule has 21 aliphatic heterocycles. The summed E-state index contributed by atoms with van der Waals surface area (Å²) in [6, 6.07) is 0. The number of carboxylic acids is 1. The van der Waals surface area contributed by atoms with Crippen molar-refractivity contribution in [1.82, 2.24) is 0 Å². The first kappa shape index (κ1) is 70.5. The standard InChI is InChI=1S/C42H70O35.C6H12O2/c43-1-8-29-15(50)22(57)36(64-8)72-30-9(2-44)66-38(24(59)17(30)52)74-32-11(4-46)68-40(26(61)19(32)54)76-34-13(6-48)70-42(28(63)21(34)56)77-35-14(7-49)69-41(27(62)20(35)55)75-33-12(5-47)67-39(25(60)18(33)53)73-31-10(3-45)65-37(71-29)23(58)16(31)51;1-2-3-4-5-6(7)8/h8-63H,1-7H2;2-5H2,1H3,(H,7,8)/t8-,9-,10-,11-,12-,13-,14-,15-,16-,17-,18-,19-,20-,21-,22-,23-,24-,25-,26-,27-,28-,29-,30-,31-,32-,33-,34-,35-,36-,37-,38-,39-,40-,41-,42-;/m1./s1. The Bertz CT molecular complexity index is 1640. The number of ether oxygens (including phenoxy) is 14. The van der Waals surface area contributed by atoms with Gasteiger partial charge in [0.1, 0.15) is 171 Å². The minimum atomic E-state index is -2.21. The molecule has 85 heavy (non-hydrogen) atoms. The van der Waals surface area contributed by atoms with Crippen LogP contribution >= 0.6 is 0 Å². The third-order valence-corrected chi connectivity index (χ3v) is 15.8. The molecule has 0 amide bonds. The molecule has 35 atom stereocenters. The lowest BCUT2D eigenvalue weighted by Gasteiger charge is -2.50. The fourth-order valence-electron chi connectivity index (χ4n) is 10.9. The zero-order valence-corrected chi connectivity index (χ0v) is 45.4. The molecule has 0 aliphatic carbocycles. The number of aliphatic carboxylic acids is 1. The van der Waals surface area contributed by atoms with E-state index in [0.717, 1.165) is 19.3 Å². The normalized spacial score (nSPS) is 51.0. The maximum atomic E-state index is 11.3. The molecule has 21 saturated heterocycles. The summed E-state index contributed by atoms with van der Waals surface area (Å²) >= 11 is 0. The molecular formula is C48H82O37. The minimum Gasteiger partial charge on any atom is -0.481 e. The van der Waals surface area contributed by atoms with Crippen LogP contribution in [0.4, 0.5) is 0 Å². The van der Waals surface area contributed by atoms with Gasteiger partial charge in [-0.15, -0.1) is 0 Å². The van der Waals surface area contributed by atoms with Gasteiger partial charge in [-0.3, -0.25) is 4.79 Å². The summed E-state index contributed by atoms with van der Waals surface area (Å²) in [6.07, 6.45) is -67.0. The van der Waals surface area contributed by atoms with Crippen LogP contribution in [0.5, 0.6) is 0 Å². The molecule has 21 rings (SSSR count). The lowest BCUT2D eigenvalue weighted by atomic mass is 9.95. The van der Waals surface area contributed by atoms with Crippen molar-refractivity contribution in [3.05, 3.63) is 0 Å². The number of aliphatic hydroxyl groups is 21. The molecule has 0 spiro atoms. The van der Waals surface area contributed by atoms with E-state index in [2.05, 4.69) is 6.92 Å². The summed E-state index contributed by atoms with van der Waals surface area (Å²) in [5.74, 6) is -0.682. The van der Waals surface area contributed by atoms with Crippen LogP contribution in [0.15, 0.2) is 0 Å². The first-order chi connectivity index (χ1) is 40.4. The highest BCUT2D eigenvalue weighted by Crippen LogP contribution is 2.39. The Morgan fingerprint density at radius 2 is 0.412 bits per heavy atom. The third kappa shape index (κ3) is 15.4. The van der Waals surface area contributed by atoms with E-state index in [9.17, 15) is 112 Å². The highest BCUT2D eigenvalue weighted by molar-refractivity contribution is 5.66. The molecule has 21 heterocycles. The smallest absolute Gasteiger partial charge is 0.303 e. The van der Waals surface area contributed by atoms with Crippen molar-refractivity contribution in [3.63, 3.8) is 0 Å². The Kier molecular flexibility index (Phi) is 26.1. The molecule has 14 bridgehead atoms. The Morgan fingerprint density at radius 1 is 0.259 bits per heavy atom. The predicted molar refractivity (Wildman–Crippen MR) is 260 cm³/mol. The lowest BCUT2D eigenvalue weighted by molar-refractivity contribution is -0.396. The van der Waals surface area contributed by atoms with Gasteiger partial charge in [-0.2, -0.15) is 0 Å². The van der Waals surface area contributed by atoms with Gasteiger partial charge in [0.15, 0.2) is 44.0 Å². The van der Waals surface area contributed by atoms with Gasteiger partial charge >= 0.3 is 5.97 Å². The number of rotatable bonds is 11. The van der Waals surface area contributed by atoms with Crippen molar-refractivity contribution in [1.29, 1.82) is 0 Å². The van der Waals surface area contributed by atoms with Gasteiger partial charge in [0.05, 0.1) is 46.2 Å². The number of aliphatic hydroxyl groups excluding tert-OH is 21. The fourth-order valence-corrected chi connectivity index (χ4v) is 10.9. The van der Waals surface area contributed by atoms with Gasteiger partial charge in [-0.25, -0.2) is 0 Å². The molecule has 0 saturated carbocycles. The van der Waals surface area contributed by atoms with Gasteiger partial charge < -0.3 is 179 Å². The molecule has 496 valence electrons. The molecule has 37 heteroatoms. The maximum absolute atomic E-state index is 11.3. The van der Waals surface area contributed by atoms with E-state index in [0.29, 0.717) is 6.42 Å². The van der Waals surface area contributed by atoms with Gasteiger partial charge in [0.2, 0.25) is 0 Å².